The number of hydrogen-bond acceptors (Lipinski definition) is 0. The molecule has 4 aliphatic rings. The fraction of sp³-hybridized carbons (Fsp3) is 0.556. The molecule has 0 saturated carbocycles. The van der Waals surface area contributed by atoms with E-state index in [9.17, 15) is 0 Å². The third kappa shape index (κ3) is 26.7. The van der Waals surface area contributed by atoms with E-state index >= 15 is 0 Å². The van der Waals surface area contributed by atoms with Gasteiger partial charge in [-0.05, 0) is 0 Å². The second-order valence-corrected chi connectivity index (χ2v) is 23.7. The Balaban J connectivity index is -0.000000209. The third-order valence-corrected chi connectivity index (χ3v) is 6.31. The summed E-state index contributed by atoms with van der Waals surface area (Å²) < 4.78 is 0. The SMILES string of the molecule is CCC1=CC[C-]=C1C.CCC1=CC[C-]=C1C.CCC1=CC[C-]=C1C.CCC1=CC[C-]=C1C.C[Si](C)=[Ti+2].C[Si](C)=[Ti+2].[Cl-].[Cl-]. The van der Waals surface area contributed by atoms with Gasteiger partial charge in [0.15, 0.2) is 0 Å². The zero-order valence-electron chi connectivity index (χ0n) is 28.7. The fourth-order valence-electron chi connectivity index (χ4n) is 4.01. The van der Waals surface area contributed by atoms with Crippen molar-refractivity contribution in [2.75, 3.05) is 0 Å². The average Bonchev–Trinajstić information content (AvgIpc) is 3.68. The molecule has 232 valence electrons. The Morgan fingerprint density at radius 2 is 0.619 bits per heavy atom. The van der Waals surface area contributed by atoms with Gasteiger partial charge in [-0.1, -0.05) is 81.1 Å². The maximum atomic E-state index is 3.24. The second-order valence-electron chi connectivity index (χ2n) is 10.4. The van der Waals surface area contributed by atoms with Crippen molar-refractivity contribution in [3.05, 3.63) is 93.2 Å². The molecule has 0 saturated heterocycles. The van der Waals surface area contributed by atoms with E-state index in [0.717, 1.165) is 25.7 Å². The van der Waals surface area contributed by atoms with Crippen molar-refractivity contribution in [3.63, 3.8) is 0 Å². The number of allylic oxidation sites excluding steroid dienone is 16. The van der Waals surface area contributed by atoms with Crippen LogP contribution in [0.2, 0.25) is 26.2 Å². The Hall–Kier alpha value is 0.362. The van der Waals surface area contributed by atoms with Gasteiger partial charge < -0.3 is 24.8 Å². The van der Waals surface area contributed by atoms with Crippen molar-refractivity contribution in [2.45, 2.75) is 133 Å². The summed E-state index contributed by atoms with van der Waals surface area (Å²) in [6, 6.07) is 0. The first kappa shape index (κ1) is 49.2. The molecule has 0 radical (unpaired) electrons. The summed E-state index contributed by atoms with van der Waals surface area (Å²) in [4.78, 5) is 0. The van der Waals surface area contributed by atoms with Crippen LogP contribution in [0.25, 0.3) is 0 Å². The van der Waals surface area contributed by atoms with E-state index in [-0.39, 0.29) is 37.2 Å². The zero-order valence-corrected chi connectivity index (χ0v) is 35.4. The largest absolute Gasteiger partial charge is 1.00 e. The molecule has 0 aromatic heterocycles. The summed E-state index contributed by atoms with van der Waals surface area (Å²) in [6.45, 7) is 26.3. The molecular formula is C36H56Cl2Si2Ti2-2. The van der Waals surface area contributed by atoms with Crippen LogP contribution in [-0.4, -0.2) is 12.4 Å². The molecule has 0 nitrogen and oxygen atoms in total. The molecule has 0 atom stereocenters. The summed E-state index contributed by atoms with van der Waals surface area (Å²) in [6.07, 6.45) is 31.0. The Labute approximate surface area is 299 Å². The monoisotopic (exact) mass is 710 g/mol. The summed E-state index contributed by atoms with van der Waals surface area (Å²) in [7, 11) is 0. The van der Waals surface area contributed by atoms with Crippen molar-refractivity contribution in [1.29, 1.82) is 0 Å². The molecular weight excluding hydrogens is 655 g/mol. The first-order valence-electron chi connectivity index (χ1n) is 14.9. The summed E-state index contributed by atoms with van der Waals surface area (Å²) in [5.41, 5.74) is 11.3. The summed E-state index contributed by atoms with van der Waals surface area (Å²) in [5, 5.41) is 0. The predicted octanol–water partition coefficient (Wildman–Crippen LogP) is 5.48. The maximum absolute atomic E-state index is 3.24. The van der Waals surface area contributed by atoms with E-state index in [4.69, 9.17) is 0 Å². The van der Waals surface area contributed by atoms with Crippen molar-refractivity contribution in [1.82, 2.24) is 0 Å². The minimum atomic E-state index is 0. The van der Waals surface area contributed by atoms with Gasteiger partial charge >= 0.3 is 76.9 Å². The van der Waals surface area contributed by atoms with Crippen molar-refractivity contribution in [3.8, 4) is 0 Å². The van der Waals surface area contributed by atoms with E-state index in [2.05, 4.69) is 169 Å². The van der Waals surface area contributed by atoms with Crippen molar-refractivity contribution >= 4 is 12.4 Å². The Morgan fingerprint density at radius 3 is 0.667 bits per heavy atom. The molecule has 0 aliphatic heterocycles. The molecule has 4 aliphatic carbocycles. The molecule has 0 aromatic carbocycles. The fourth-order valence-corrected chi connectivity index (χ4v) is 4.01. The number of hydrogen-bond donors (Lipinski definition) is 0. The van der Waals surface area contributed by atoms with Crippen LogP contribution < -0.4 is 24.8 Å². The van der Waals surface area contributed by atoms with Crippen LogP contribution in [0.1, 0.15) is 107 Å². The van der Waals surface area contributed by atoms with Crippen molar-refractivity contribution in [2.24, 2.45) is 0 Å². The van der Waals surface area contributed by atoms with Crippen LogP contribution >= 0.6 is 0 Å². The van der Waals surface area contributed by atoms with E-state index < -0.39 is 0 Å². The van der Waals surface area contributed by atoms with Gasteiger partial charge in [0.05, 0.1) is 0 Å². The molecule has 42 heavy (non-hydrogen) atoms. The topological polar surface area (TPSA) is 0 Å². The minimum Gasteiger partial charge on any atom is -1.00 e. The Morgan fingerprint density at radius 1 is 0.476 bits per heavy atom. The summed E-state index contributed by atoms with van der Waals surface area (Å²) in [5.74, 6) is 0. The van der Waals surface area contributed by atoms with Gasteiger partial charge in [0.2, 0.25) is 0 Å². The van der Waals surface area contributed by atoms with Crippen LogP contribution in [0.3, 0.4) is 0 Å². The van der Waals surface area contributed by atoms with Gasteiger partial charge in [0.25, 0.3) is 0 Å². The quantitative estimate of drug-likeness (QED) is 0.268. The molecule has 0 unspecified atom stereocenters. The average molecular weight is 712 g/mol. The minimum absolute atomic E-state index is 0. The predicted molar refractivity (Wildman–Crippen MR) is 177 cm³/mol. The standard InChI is InChI=1S/4C8H11.2C2H6Si.2ClH.2Ti/c4*1-3-8-6-4-5-7(8)2;2*1-3-2;;;;/h4*6H,3-4H2,1-2H3;2*1-2H3;2*1H;;/q4*-1;;;;;2*+2/p-2. The van der Waals surface area contributed by atoms with Gasteiger partial charge in [-0.2, -0.15) is 46.6 Å². The second kappa shape index (κ2) is 31.3. The normalized spacial score (nSPS) is 15.2. The molecule has 0 amide bonds. The number of halogens is 2. The van der Waals surface area contributed by atoms with Gasteiger partial charge in [-0.3, -0.25) is 24.3 Å². The first-order chi connectivity index (χ1) is 18.8. The number of rotatable bonds is 4. The van der Waals surface area contributed by atoms with Crippen LogP contribution in [0.15, 0.2) is 68.9 Å². The van der Waals surface area contributed by atoms with Gasteiger partial charge in [-0.15, -0.1) is 25.7 Å². The van der Waals surface area contributed by atoms with Gasteiger partial charge in [0, 0.05) is 0 Å². The molecule has 4 rings (SSSR count). The molecule has 0 N–H and O–H groups in total. The molecule has 0 fully saturated rings. The Kier molecular flexibility index (Phi) is 36.8. The maximum Gasteiger partial charge on any atom is -1.00 e. The van der Waals surface area contributed by atoms with Crippen LogP contribution in [-0.2, 0) is 38.3 Å². The zero-order chi connectivity index (χ0) is 31.1. The molecule has 6 heteroatoms. The van der Waals surface area contributed by atoms with Gasteiger partial charge in [-0.25, -0.2) is 22.3 Å². The molecule has 0 bridgehead atoms. The first-order valence-corrected chi connectivity index (χ1v) is 24.6. The van der Waals surface area contributed by atoms with E-state index in [0.29, 0.717) is 0 Å². The molecule has 0 heterocycles. The van der Waals surface area contributed by atoms with Crippen LogP contribution in [0.4, 0.5) is 0 Å². The van der Waals surface area contributed by atoms with Crippen molar-refractivity contribution < 1.29 is 63.2 Å². The third-order valence-electron chi connectivity index (χ3n) is 6.31. The van der Waals surface area contributed by atoms with Gasteiger partial charge in [0.1, 0.15) is 0 Å². The smallest absolute Gasteiger partial charge is 1.00 e. The van der Waals surface area contributed by atoms with Crippen LogP contribution in [0.5, 0.6) is 0 Å². The molecule has 0 aromatic rings. The Bertz CT molecular complexity index is 888. The van der Waals surface area contributed by atoms with E-state index in [1.54, 1.807) is 0 Å². The van der Waals surface area contributed by atoms with E-state index in [1.165, 1.54) is 70.3 Å². The summed E-state index contributed by atoms with van der Waals surface area (Å²) >= 11 is 4.54. The molecule has 0 spiro atoms. The van der Waals surface area contributed by atoms with E-state index in [1.807, 2.05) is 0 Å². The van der Waals surface area contributed by atoms with Crippen LogP contribution in [0, 0.1) is 24.3 Å².